The fourth-order valence-electron chi connectivity index (χ4n) is 13.0. The zero-order valence-electron chi connectivity index (χ0n) is 44.1. The van der Waals surface area contributed by atoms with Gasteiger partial charge in [0.2, 0.25) is 0 Å². The summed E-state index contributed by atoms with van der Waals surface area (Å²) in [5.74, 6) is 0. The third kappa shape index (κ3) is 7.30. The highest BCUT2D eigenvalue weighted by Gasteiger charge is 2.44. The molecule has 1 aromatic heterocycles. The molecule has 2 nitrogen and oxygen atoms in total. The van der Waals surface area contributed by atoms with Crippen LogP contribution >= 0.6 is 0 Å². The lowest BCUT2D eigenvalue weighted by Gasteiger charge is -2.42. The van der Waals surface area contributed by atoms with Gasteiger partial charge in [0.1, 0.15) is 0 Å². The molecule has 2 aliphatic rings. The van der Waals surface area contributed by atoms with Gasteiger partial charge in [-0.05, 0) is 175 Å². The Morgan fingerprint density at radius 3 is 1.41 bits per heavy atom. The Balaban J connectivity index is 1.19. The van der Waals surface area contributed by atoms with Crippen LogP contribution in [-0.4, -0.2) is 11.3 Å². The average Bonchev–Trinajstić information content (AvgIpc) is 3.70. The van der Waals surface area contributed by atoms with Crippen molar-refractivity contribution in [2.75, 3.05) is 4.90 Å². The zero-order chi connectivity index (χ0) is 50.4. The van der Waals surface area contributed by atoms with Gasteiger partial charge in [-0.1, -0.05) is 193 Å². The number of fused-ring (bicyclic) bond motifs is 9. The molecule has 354 valence electrons. The lowest BCUT2D eigenvalue weighted by Crippen LogP contribution is -2.57. The summed E-state index contributed by atoms with van der Waals surface area (Å²) in [6.07, 6.45) is 0. The number of aromatic nitrogens is 1. The predicted molar refractivity (Wildman–Crippen MR) is 316 cm³/mol. The van der Waals surface area contributed by atoms with Crippen LogP contribution in [0.25, 0.3) is 88.2 Å². The molecule has 2 aliphatic heterocycles. The molecule has 0 N–H and O–H groups in total. The van der Waals surface area contributed by atoms with Crippen LogP contribution in [0.5, 0.6) is 0 Å². The van der Waals surface area contributed by atoms with Gasteiger partial charge in [0.05, 0.1) is 0 Å². The van der Waals surface area contributed by atoms with Gasteiger partial charge in [0.15, 0.2) is 0 Å². The summed E-state index contributed by atoms with van der Waals surface area (Å²) in [5, 5.41) is 5.13. The van der Waals surface area contributed by atoms with E-state index in [-0.39, 0.29) is 12.3 Å². The minimum Gasteiger partial charge on any atom is -0.375 e. The SMILES string of the molecule is Cc1cc(C)cc(-c2ccc(N3c4ccc(-c5cc(C)cc(C)c5)cc4B4c5c(cc(C(C)(C)C)cc53)-c3cc(-c5cc(C)cc(C)c5)cc5c6cc(-c7cc(C)cc(C)c7)c7ccccc7c6n4c35)cc2)c1. The number of hydrogen-bond acceptors (Lipinski definition) is 1. The summed E-state index contributed by atoms with van der Waals surface area (Å²) in [7, 11) is 0. The first-order chi connectivity index (χ1) is 35.0. The van der Waals surface area contributed by atoms with Gasteiger partial charge in [0, 0.05) is 49.8 Å². The molecule has 10 aromatic carbocycles. The highest BCUT2D eigenvalue weighted by molar-refractivity contribution is 6.90. The maximum absolute atomic E-state index is 2.78. The van der Waals surface area contributed by atoms with Crippen molar-refractivity contribution in [3.05, 3.63) is 220 Å². The fraction of sp³-hybridized carbons (Fsp3) is 0.171. The van der Waals surface area contributed by atoms with Crippen LogP contribution in [0.15, 0.2) is 170 Å². The lowest BCUT2D eigenvalue weighted by molar-refractivity contribution is 0.590. The highest BCUT2D eigenvalue weighted by Crippen LogP contribution is 2.51. The zero-order valence-corrected chi connectivity index (χ0v) is 44.1. The number of rotatable bonds is 5. The molecular weight excluding hydrogens is 880 g/mol. The maximum Gasteiger partial charge on any atom is 0.333 e. The summed E-state index contributed by atoms with van der Waals surface area (Å²) in [6.45, 7) is 24.7. The monoisotopic (exact) mass is 940 g/mol. The van der Waals surface area contributed by atoms with Crippen LogP contribution in [0.1, 0.15) is 70.8 Å². The summed E-state index contributed by atoms with van der Waals surface area (Å²) in [6, 6.07) is 66.5. The van der Waals surface area contributed by atoms with Gasteiger partial charge < -0.3 is 9.38 Å². The molecule has 3 heteroatoms. The first kappa shape index (κ1) is 45.0. The third-order valence-electron chi connectivity index (χ3n) is 15.9. The molecular formula is C70H61BN2. The van der Waals surface area contributed by atoms with Crippen molar-refractivity contribution in [2.24, 2.45) is 0 Å². The van der Waals surface area contributed by atoms with E-state index in [4.69, 9.17) is 0 Å². The van der Waals surface area contributed by atoms with Crippen LogP contribution < -0.4 is 15.8 Å². The van der Waals surface area contributed by atoms with Gasteiger partial charge in [-0.15, -0.1) is 0 Å². The van der Waals surface area contributed by atoms with E-state index >= 15 is 0 Å². The first-order valence-corrected chi connectivity index (χ1v) is 26.2. The largest absolute Gasteiger partial charge is 0.375 e. The second kappa shape index (κ2) is 16.3. The van der Waals surface area contributed by atoms with Crippen molar-refractivity contribution < 1.29 is 0 Å². The molecule has 0 atom stereocenters. The Labute approximate surface area is 431 Å². The summed E-state index contributed by atoms with van der Waals surface area (Å²) >= 11 is 0. The van der Waals surface area contributed by atoms with E-state index in [1.807, 2.05) is 0 Å². The minimum absolute atomic E-state index is 0.124. The molecule has 0 saturated carbocycles. The van der Waals surface area contributed by atoms with Gasteiger partial charge in [-0.3, -0.25) is 0 Å². The molecule has 0 spiro atoms. The van der Waals surface area contributed by atoms with Crippen molar-refractivity contribution in [1.29, 1.82) is 0 Å². The van der Waals surface area contributed by atoms with Crippen LogP contribution in [0, 0.1) is 55.4 Å². The second-order valence-electron chi connectivity index (χ2n) is 22.9. The summed E-state index contributed by atoms with van der Waals surface area (Å²) in [5.41, 5.74) is 32.9. The lowest BCUT2D eigenvalue weighted by atomic mass is 9.44. The maximum atomic E-state index is 2.78. The van der Waals surface area contributed by atoms with Gasteiger partial charge >= 0.3 is 6.85 Å². The normalized spacial score (nSPS) is 12.8. The summed E-state index contributed by atoms with van der Waals surface area (Å²) < 4.78 is 2.78. The average molecular weight is 941 g/mol. The Hall–Kier alpha value is -7.88. The van der Waals surface area contributed by atoms with E-state index in [1.165, 1.54) is 161 Å². The van der Waals surface area contributed by atoms with Crippen molar-refractivity contribution >= 4 is 67.4 Å². The molecule has 0 saturated heterocycles. The van der Waals surface area contributed by atoms with E-state index < -0.39 is 0 Å². The molecule has 0 aliphatic carbocycles. The molecule has 0 fully saturated rings. The van der Waals surface area contributed by atoms with Crippen molar-refractivity contribution in [1.82, 2.24) is 4.48 Å². The van der Waals surface area contributed by atoms with Crippen molar-refractivity contribution in [3.63, 3.8) is 0 Å². The van der Waals surface area contributed by atoms with Crippen LogP contribution in [0.4, 0.5) is 17.1 Å². The Kier molecular flexibility index (Phi) is 10.1. The van der Waals surface area contributed by atoms with E-state index in [1.54, 1.807) is 0 Å². The minimum atomic E-state index is -0.127. The Morgan fingerprint density at radius 1 is 0.342 bits per heavy atom. The van der Waals surface area contributed by atoms with Gasteiger partial charge in [-0.25, -0.2) is 0 Å². The predicted octanol–water partition coefficient (Wildman–Crippen LogP) is 17.8. The summed E-state index contributed by atoms with van der Waals surface area (Å²) in [4.78, 5) is 2.59. The molecule has 0 radical (unpaired) electrons. The number of anilines is 3. The molecule has 11 aromatic rings. The second-order valence-corrected chi connectivity index (χ2v) is 22.9. The highest BCUT2D eigenvalue weighted by atomic mass is 15.2. The van der Waals surface area contributed by atoms with Crippen LogP contribution in [0.2, 0.25) is 0 Å². The van der Waals surface area contributed by atoms with Crippen molar-refractivity contribution in [2.45, 2.75) is 81.6 Å². The van der Waals surface area contributed by atoms with Crippen LogP contribution in [-0.2, 0) is 5.41 Å². The van der Waals surface area contributed by atoms with Crippen molar-refractivity contribution in [3.8, 4) is 55.6 Å². The van der Waals surface area contributed by atoms with Gasteiger partial charge in [0.25, 0.3) is 0 Å². The number of benzene rings is 10. The quantitative estimate of drug-likeness (QED) is 0.156. The number of aryl methyl sites for hydroxylation is 8. The third-order valence-corrected chi connectivity index (χ3v) is 15.9. The Morgan fingerprint density at radius 2 is 0.836 bits per heavy atom. The number of hydrogen-bond donors (Lipinski definition) is 0. The van der Waals surface area contributed by atoms with E-state index in [2.05, 4.69) is 255 Å². The van der Waals surface area contributed by atoms with E-state index in [0.717, 1.165) is 5.69 Å². The van der Waals surface area contributed by atoms with Crippen LogP contribution in [0.3, 0.4) is 0 Å². The Bertz CT molecular complexity index is 4080. The van der Waals surface area contributed by atoms with E-state index in [0.29, 0.717) is 0 Å². The number of nitrogens with zero attached hydrogens (tertiary/aromatic N) is 2. The first-order valence-electron chi connectivity index (χ1n) is 26.2. The molecule has 73 heavy (non-hydrogen) atoms. The smallest absolute Gasteiger partial charge is 0.333 e. The molecule has 13 rings (SSSR count). The topological polar surface area (TPSA) is 8.17 Å². The van der Waals surface area contributed by atoms with Gasteiger partial charge in [-0.2, -0.15) is 0 Å². The molecule has 0 bridgehead atoms. The molecule has 0 amide bonds. The standard InChI is InChI=1S/C70H61BN2/c1-40-22-41(2)27-50(26-40)48-16-19-56(20-17-48)72-65-21-18-49(51-28-42(3)23-43(4)29-51)36-64(65)71-67-60(37-55(38-66(67)72)70(9,10)11)61-34-53(52-30-44(5)24-45(6)31-52)35-62-63-39-59(54-32-46(7)25-47(8)33-54)57-14-12-13-15-58(57)68(63)73(71)69(61)62/h12-39H,1-11H3. The molecule has 0 unspecified atom stereocenters. The fourth-order valence-corrected chi connectivity index (χ4v) is 13.0. The van der Waals surface area contributed by atoms with E-state index in [9.17, 15) is 0 Å². The molecule has 3 heterocycles.